The van der Waals surface area contributed by atoms with Crippen molar-refractivity contribution in [1.82, 2.24) is 0 Å². The van der Waals surface area contributed by atoms with Crippen LogP contribution in [-0.4, -0.2) is 42.4 Å². The Balaban J connectivity index is 3.25. The summed E-state index contributed by atoms with van der Waals surface area (Å²) in [5.74, 6) is -19.0. The predicted octanol–water partition coefficient (Wildman–Crippen LogP) is 6.08. The van der Waals surface area contributed by atoms with Gasteiger partial charge in [0.05, 0.1) is 12.2 Å². The van der Waals surface area contributed by atoms with Crippen LogP contribution in [0.25, 0.3) is 0 Å². The number of benzene rings is 1. The maximum Gasteiger partial charge on any atom is 0.468 e. The van der Waals surface area contributed by atoms with Gasteiger partial charge in [-0.05, 0) is 37.6 Å². The maximum absolute atomic E-state index is 13.9. The second kappa shape index (κ2) is 10.4. The van der Waals surface area contributed by atoms with E-state index < -0.39 is 78.3 Å². The van der Waals surface area contributed by atoms with E-state index in [4.69, 9.17) is 0 Å². The molecule has 0 bridgehead atoms. The number of hydrogen-bond acceptors (Lipinski definition) is 5. The normalized spacial score (nSPS) is 14.7. The van der Waals surface area contributed by atoms with Crippen molar-refractivity contribution in [2.45, 2.75) is 56.7 Å². The van der Waals surface area contributed by atoms with Crippen molar-refractivity contribution >= 4 is 11.9 Å². The number of carbonyl (C=O) groups is 2. The van der Waals surface area contributed by atoms with Gasteiger partial charge in [0.15, 0.2) is 0 Å². The summed E-state index contributed by atoms with van der Waals surface area (Å²) in [6.07, 6.45) is -13.6. The zero-order valence-electron chi connectivity index (χ0n) is 18.0. The summed E-state index contributed by atoms with van der Waals surface area (Å²) in [6, 6.07) is 1.69. The van der Waals surface area contributed by atoms with Crippen LogP contribution >= 0.6 is 0 Å². The van der Waals surface area contributed by atoms with Gasteiger partial charge in [-0.1, -0.05) is 6.58 Å². The lowest BCUT2D eigenvalue weighted by atomic mass is 10.1. The van der Waals surface area contributed by atoms with Gasteiger partial charge in [0.25, 0.3) is 0 Å². The number of halogens is 10. The van der Waals surface area contributed by atoms with Gasteiger partial charge < -0.3 is 14.2 Å². The van der Waals surface area contributed by atoms with Gasteiger partial charge in [0.2, 0.25) is 0 Å². The Kier molecular flexibility index (Phi) is 8.99. The number of alkyl halides is 10. The average Bonchev–Trinajstić information content (AvgIpc) is 2.67. The Morgan fingerprint density at radius 1 is 0.914 bits per heavy atom. The fourth-order valence-corrected chi connectivity index (χ4v) is 2.22. The monoisotopic (exact) mass is 528 g/mol. The van der Waals surface area contributed by atoms with Crippen molar-refractivity contribution in [1.29, 1.82) is 0 Å². The largest absolute Gasteiger partial charge is 0.468 e. The molecular formula is C20H18F10O5. The number of carbonyl (C=O) groups excluding carboxylic acids is 2. The summed E-state index contributed by atoms with van der Waals surface area (Å²) in [4.78, 5) is 24.2. The van der Waals surface area contributed by atoms with Gasteiger partial charge in [0, 0.05) is 18.9 Å². The summed E-state index contributed by atoms with van der Waals surface area (Å²) in [6.45, 7) is 2.33. The standard InChI is InChI=1S/C20H18F10O5/c1-11(2)14(31)35-18(20(28,29)30,33-10-4-9-17(23,24)16(3,21)22)15(32)34-13-7-5-12(6-8-13)19(25,26)27/h5-8H,1,4,9-10H2,2-3H3. The van der Waals surface area contributed by atoms with Crippen molar-refractivity contribution in [2.75, 3.05) is 6.61 Å². The fraction of sp³-hybridized carbons (Fsp3) is 0.500. The molecule has 1 atom stereocenters. The van der Waals surface area contributed by atoms with E-state index in [1.807, 2.05) is 0 Å². The molecule has 0 aliphatic rings. The third-order valence-corrected chi connectivity index (χ3v) is 4.20. The fourth-order valence-electron chi connectivity index (χ4n) is 2.22. The predicted molar refractivity (Wildman–Crippen MR) is 97.5 cm³/mol. The smallest absolute Gasteiger partial charge is 0.421 e. The molecule has 0 saturated heterocycles. The van der Waals surface area contributed by atoms with Gasteiger partial charge >= 0.3 is 41.9 Å². The van der Waals surface area contributed by atoms with E-state index in [1.54, 1.807) is 0 Å². The summed E-state index contributed by atoms with van der Waals surface area (Å²) < 4.78 is 145. The molecular weight excluding hydrogens is 510 g/mol. The summed E-state index contributed by atoms with van der Waals surface area (Å²) in [5, 5.41) is 0. The van der Waals surface area contributed by atoms with Crippen LogP contribution in [0.1, 0.15) is 32.3 Å². The molecule has 0 spiro atoms. The number of hydrogen-bond donors (Lipinski definition) is 0. The summed E-state index contributed by atoms with van der Waals surface area (Å²) in [7, 11) is 0. The molecule has 0 amide bonds. The first-order valence-corrected chi connectivity index (χ1v) is 9.39. The molecule has 5 nitrogen and oxygen atoms in total. The molecule has 0 aromatic heterocycles. The van der Waals surface area contributed by atoms with E-state index in [2.05, 4.69) is 20.8 Å². The van der Waals surface area contributed by atoms with Crippen molar-refractivity contribution < 1.29 is 67.7 Å². The zero-order chi connectivity index (χ0) is 27.5. The Labute approximate surface area is 191 Å². The Hall–Kier alpha value is -2.84. The highest BCUT2D eigenvalue weighted by Crippen LogP contribution is 2.40. The average molecular weight is 528 g/mol. The third-order valence-electron chi connectivity index (χ3n) is 4.20. The van der Waals surface area contributed by atoms with Gasteiger partial charge in [0.1, 0.15) is 5.75 Å². The first-order valence-electron chi connectivity index (χ1n) is 9.39. The maximum atomic E-state index is 13.9. The Morgan fingerprint density at radius 3 is 1.83 bits per heavy atom. The second-order valence-electron chi connectivity index (χ2n) is 7.24. The lowest BCUT2D eigenvalue weighted by Crippen LogP contribution is -2.59. The highest BCUT2D eigenvalue weighted by atomic mass is 19.4. The quantitative estimate of drug-likeness (QED) is 0.0921. The lowest BCUT2D eigenvalue weighted by Gasteiger charge is -2.32. The number of ether oxygens (including phenoxy) is 3. The van der Waals surface area contributed by atoms with Crippen LogP contribution in [-0.2, 0) is 25.2 Å². The molecule has 0 radical (unpaired) electrons. The third kappa shape index (κ3) is 7.57. The van der Waals surface area contributed by atoms with Gasteiger partial charge in [-0.3, -0.25) is 0 Å². The minimum atomic E-state index is -5.92. The molecule has 0 N–H and O–H groups in total. The molecule has 198 valence electrons. The van der Waals surface area contributed by atoms with Crippen LogP contribution in [0, 0.1) is 0 Å². The lowest BCUT2D eigenvalue weighted by molar-refractivity contribution is -0.352. The summed E-state index contributed by atoms with van der Waals surface area (Å²) in [5.41, 5.74) is -1.90. The summed E-state index contributed by atoms with van der Waals surface area (Å²) >= 11 is 0. The molecule has 1 rings (SSSR count). The van der Waals surface area contributed by atoms with Crippen LogP contribution < -0.4 is 4.74 Å². The molecule has 1 aromatic rings. The molecule has 1 aromatic carbocycles. The zero-order valence-corrected chi connectivity index (χ0v) is 18.0. The minimum Gasteiger partial charge on any atom is -0.421 e. The molecule has 0 fully saturated rings. The molecule has 0 aliphatic heterocycles. The van der Waals surface area contributed by atoms with Crippen LogP contribution in [0.5, 0.6) is 5.75 Å². The first-order chi connectivity index (χ1) is 15.6. The molecule has 35 heavy (non-hydrogen) atoms. The van der Waals surface area contributed by atoms with Crippen LogP contribution in [0.4, 0.5) is 43.9 Å². The first kappa shape index (κ1) is 30.2. The van der Waals surface area contributed by atoms with Crippen molar-refractivity contribution in [3.63, 3.8) is 0 Å². The molecule has 15 heteroatoms. The van der Waals surface area contributed by atoms with Gasteiger partial charge in [-0.2, -0.15) is 35.1 Å². The second-order valence-corrected chi connectivity index (χ2v) is 7.24. The Bertz CT molecular complexity index is 916. The van der Waals surface area contributed by atoms with Gasteiger partial charge in [-0.25, -0.2) is 18.4 Å². The topological polar surface area (TPSA) is 61.8 Å². The highest BCUT2D eigenvalue weighted by Gasteiger charge is 2.68. The van der Waals surface area contributed by atoms with Crippen LogP contribution in [0.2, 0.25) is 0 Å². The van der Waals surface area contributed by atoms with E-state index in [9.17, 15) is 53.5 Å². The van der Waals surface area contributed by atoms with Crippen LogP contribution in [0.3, 0.4) is 0 Å². The molecule has 0 aliphatic carbocycles. The SMILES string of the molecule is C=C(C)C(=O)OC(OCCCC(F)(F)C(C)(F)F)(C(=O)Oc1ccc(C(F)(F)F)cc1)C(F)(F)F. The number of esters is 2. The Morgan fingerprint density at radius 2 is 1.43 bits per heavy atom. The molecule has 1 unspecified atom stereocenters. The van der Waals surface area contributed by atoms with E-state index in [0.717, 1.165) is 6.92 Å². The van der Waals surface area contributed by atoms with E-state index >= 15 is 0 Å². The molecule has 0 heterocycles. The van der Waals surface area contributed by atoms with Crippen LogP contribution in [0.15, 0.2) is 36.4 Å². The van der Waals surface area contributed by atoms with Gasteiger partial charge in [-0.15, -0.1) is 0 Å². The highest BCUT2D eigenvalue weighted by molar-refractivity contribution is 5.91. The van der Waals surface area contributed by atoms with E-state index in [0.29, 0.717) is 24.3 Å². The van der Waals surface area contributed by atoms with Crippen molar-refractivity contribution in [3.8, 4) is 5.75 Å². The van der Waals surface area contributed by atoms with Crippen molar-refractivity contribution in [3.05, 3.63) is 42.0 Å². The molecule has 0 saturated carbocycles. The number of rotatable bonds is 10. The minimum absolute atomic E-state index is 0.121. The van der Waals surface area contributed by atoms with E-state index in [1.165, 1.54) is 0 Å². The van der Waals surface area contributed by atoms with Crippen molar-refractivity contribution in [2.24, 2.45) is 0 Å². The van der Waals surface area contributed by atoms with E-state index in [-0.39, 0.29) is 6.92 Å².